The lowest BCUT2D eigenvalue weighted by Gasteiger charge is -2.12. The maximum absolute atomic E-state index is 12.5. The van der Waals surface area contributed by atoms with Crippen LogP contribution in [0.15, 0.2) is 54.6 Å². The van der Waals surface area contributed by atoms with Crippen LogP contribution in [0.4, 0.5) is 5.69 Å². The van der Waals surface area contributed by atoms with Gasteiger partial charge in [0.25, 0.3) is 5.91 Å². The van der Waals surface area contributed by atoms with Crippen molar-refractivity contribution >= 4 is 33.0 Å². The van der Waals surface area contributed by atoms with Gasteiger partial charge in [0.1, 0.15) is 12.4 Å². The number of amides is 1. The van der Waals surface area contributed by atoms with Crippen LogP contribution in [0.25, 0.3) is 10.1 Å². The summed E-state index contributed by atoms with van der Waals surface area (Å²) in [6, 6.07) is 17.4. The maximum atomic E-state index is 12.5. The molecule has 2 aromatic carbocycles. The second kappa shape index (κ2) is 7.25. The van der Waals surface area contributed by atoms with Gasteiger partial charge in [0.2, 0.25) is 0 Å². The summed E-state index contributed by atoms with van der Waals surface area (Å²) in [5.74, 6) is 0.641. The van der Waals surface area contributed by atoms with Crippen LogP contribution in [0.3, 0.4) is 0 Å². The Morgan fingerprint density at radius 3 is 2.96 bits per heavy atom. The molecule has 1 fully saturated rings. The molecule has 0 saturated carbocycles. The molecular formula is C20H19NO3S. The fourth-order valence-corrected chi connectivity index (χ4v) is 3.87. The Morgan fingerprint density at radius 1 is 1.20 bits per heavy atom. The molecule has 0 spiro atoms. The summed E-state index contributed by atoms with van der Waals surface area (Å²) in [5, 5.41) is 4.04. The van der Waals surface area contributed by atoms with Gasteiger partial charge in [-0.3, -0.25) is 4.79 Å². The van der Waals surface area contributed by atoms with Gasteiger partial charge in [-0.1, -0.05) is 24.3 Å². The number of benzene rings is 2. The molecule has 1 saturated heterocycles. The van der Waals surface area contributed by atoms with E-state index in [1.54, 1.807) is 0 Å². The molecule has 2 heterocycles. The quantitative estimate of drug-likeness (QED) is 0.722. The Morgan fingerprint density at radius 2 is 2.12 bits per heavy atom. The third-order valence-electron chi connectivity index (χ3n) is 4.20. The number of carbonyl (C=O) groups is 1. The minimum absolute atomic E-state index is 0.0996. The molecule has 1 N–H and O–H groups in total. The summed E-state index contributed by atoms with van der Waals surface area (Å²) in [6.07, 6.45) is 2.32. The number of ether oxygens (including phenoxy) is 2. The summed E-state index contributed by atoms with van der Waals surface area (Å²) < 4.78 is 12.5. The highest BCUT2D eigenvalue weighted by molar-refractivity contribution is 7.20. The van der Waals surface area contributed by atoms with Crippen LogP contribution in [0.2, 0.25) is 0 Å². The molecule has 1 unspecified atom stereocenters. The topological polar surface area (TPSA) is 47.6 Å². The van der Waals surface area contributed by atoms with E-state index in [0.717, 1.165) is 41.0 Å². The zero-order valence-corrected chi connectivity index (χ0v) is 14.6. The van der Waals surface area contributed by atoms with E-state index in [2.05, 4.69) is 5.32 Å². The molecule has 128 valence electrons. The number of fused-ring (bicyclic) bond motifs is 1. The van der Waals surface area contributed by atoms with Crippen molar-refractivity contribution in [3.63, 3.8) is 0 Å². The second-order valence-electron chi connectivity index (χ2n) is 6.08. The predicted octanol–water partition coefficient (Wildman–Crippen LogP) is 4.71. The zero-order valence-electron chi connectivity index (χ0n) is 13.7. The van der Waals surface area contributed by atoms with Crippen LogP contribution in [0.5, 0.6) is 5.75 Å². The SMILES string of the molecule is O=C(Nc1cccc(OCC2CCCO2)c1)c1cc2ccccc2s1. The Hall–Kier alpha value is -2.37. The fraction of sp³-hybridized carbons (Fsp3) is 0.250. The largest absolute Gasteiger partial charge is 0.491 e. The summed E-state index contributed by atoms with van der Waals surface area (Å²) in [7, 11) is 0. The molecule has 5 heteroatoms. The molecule has 3 aromatic rings. The highest BCUT2D eigenvalue weighted by Gasteiger charge is 2.16. The van der Waals surface area contributed by atoms with Gasteiger partial charge in [0.05, 0.1) is 11.0 Å². The highest BCUT2D eigenvalue weighted by atomic mass is 32.1. The first kappa shape index (κ1) is 16.1. The van der Waals surface area contributed by atoms with Crippen LogP contribution in [-0.4, -0.2) is 25.2 Å². The first-order chi connectivity index (χ1) is 12.3. The molecule has 1 amide bonds. The molecule has 1 aliphatic heterocycles. The van der Waals surface area contributed by atoms with E-state index < -0.39 is 0 Å². The summed E-state index contributed by atoms with van der Waals surface area (Å²) in [6.45, 7) is 1.37. The molecule has 1 aliphatic rings. The third kappa shape index (κ3) is 3.83. The number of anilines is 1. The van der Waals surface area contributed by atoms with Crippen molar-refractivity contribution in [2.45, 2.75) is 18.9 Å². The van der Waals surface area contributed by atoms with Gasteiger partial charge >= 0.3 is 0 Å². The smallest absolute Gasteiger partial charge is 0.265 e. The van der Waals surface area contributed by atoms with E-state index in [1.165, 1.54) is 11.3 Å². The second-order valence-corrected chi connectivity index (χ2v) is 7.16. The molecule has 1 aromatic heterocycles. The van der Waals surface area contributed by atoms with Gasteiger partial charge in [-0.15, -0.1) is 11.3 Å². The Labute approximate surface area is 150 Å². The number of rotatable bonds is 5. The lowest BCUT2D eigenvalue weighted by Crippen LogP contribution is -2.16. The van der Waals surface area contributed by atoms with Crippen molar-refractivity contribution in [3.05, 3.63) is 59.5 Å². The number of hydrogen-bond donors (Lipinski definition) is 1. The number of hydrogen-bond acceptors (Lipinski definition) is 4. The fourth-order valence-electron chi connectivity index (χ4n) is 2.92. The van der Waals surface area contributed by atoms with Gasteiger partial charge in [0.15, 0.2) is 0 Å². The normalized spacial score (nSPS) is 16.9. The van der Waals surface area contributed by atoms with Crippen molar-refractivity contribution in [2.75, 3.05) is 18.5 Å². The van der Waals surface area contributed by atoms with Crippen molar-refractivity contribution in [1.82, 2.24) is 0 Å². The standard InChI is InChI=1S/C20H19NO3S/c22-20(19-11-14-5-1-2-9-18(14)25-19)21-15-6-3-7-16(12-15)24-13-17-8-4-10-23-17/h1-3,5-7,9,11-12,17H,4,8,10,13H2,(H,21,22). The van der Waals surface area contributed by atoms with Crippen molar-refractivity contribution < 1.29 is 14.3 Å². The van der Waals surface area contributed by atoms with Gasteiger partial charge in [-0.05, 0) is 42.5 Å². The molecule has 4 rings (SSSR count). The van der Waals surface area contributed by atoms with Crippen LogP contribution in [0.1, 0.15) is 22.5 Å². The average molecular weight is 353 g/mol. The van der Waals surface area contributed by atoms with E-state index in [1.807, 2.05) is 54.6 Å². The zero-order chi connectivity index (χ0) is 17.1. The monoisotopic (exact) mass is 353 g/mol. The highest BCUT2D eigenvalue weighted by Crippen LogP contribution is 2.26. The van der Waals surface area contributed by atoms with Crippen LogP contribution >= 0.6 is 11.3 Å². The van der Waals surface area contributed by atoms with Gasteiger partial charge in [-0.2, -0.15) is 0 Å². The van der Waals surface area contributed by atoms with Gasteiger partial charge < -0.3 is 14.8 Å². The molecule has 4 nitrogen and oxygen atoms in total. The molecule has 1 atom stereocenters. The van der Waals surface area contributed by atoms with E-state index in [4.69, 9.17) is 9.47 Å². The molecule has 0 aliphatic carbocycles. The molecule has 0 bridgehead atoms. The summed E-state index contributed by atoms with van der Waals surface area (Å²) in [5.41, 5.74) is 0.729. The van der Waals surface area contributed by atoms with Crippen molar-refractivity contribution in [2.24, 2.45) is 0 Å². The first-order valence-electron chi connectivity index (χ1n) is 8.42. The first-order valence-corrected chi connectivity index (χ1v) is 9.24. The lowest BCUT2D eigenvalue weighted by atomic mass is 10.2. The predicted molar refractivity (Wildman–Crippen MR) is 101 cm³/mol. The minimum Gasteiger partial charge on any atom is -0.491 e. The average Bonchev–Trinajstić information content (AvgIpc) is 3.29. The Bertz CT molecular complexity index is 850. The number of thiophene rings is 1. The summed E-state index contributed by atoms with van der Waals surface area (Å²) >= 11 is 1.50. The van der Waals surface area contributed by atoms with Gasteiger partial charge in [0, 0.05) is 23.1 Å². The van der Waals surface area contributed by atoms with Crippen LogP contribution in [-0.2, 0) is 4.74 Å². The maximum Gasteiger partial charge on any atom is 0.265 e. The van der Waals surface area contributed by atoms with Gasteiger partial charge in [-0.25, -0.2) is 0 Å². The Kier molecular flexibility index (Phi) is 4.68. The summed E-state index contributed by atoms with van der Waals surface area (Å²) in [4.78, 5) is 13.2. The van der Waals surface area contributed by atoms with E-state index in [-0.39, 0.29) is 12.0 Å². The van der Waals surface area contributed by atoms with E-state index >= 15 is 0 Å². The van der Waals surface area contributed by atoms with Crippen LogP contribution in [0, 0.1) is 0 Å². The Balaban J connectivity index is 1.42. The van der Waals surface area contributed by atoms with E-state index in [0.29, 0.717) is 11.5 Å². The lowest BCUT2D eigenvalue weighted by molar-refractivity contribution is 0.0680. The number of nitrogens with one attached hydrogen (secondary N) is 1. The number of carbonyl (C=O) groups excluding carboxylic acids is 1. The van der Waals surface area contributed by atoms with Crippen LogP contribution < -0.4 is 10.1 Å². The third-order valence-corrected chi connectivity index (χ3v) is 5.32. The van der Waals surface area contributed by atoms with E-state index in [9.17, 15) is 4.79 Å². The van der Waals surface area contributed by atoms with Crippen molar-refractivity contribution in [3.8, 4) is 5.75 Å². The minimum atomic E-state index is -0.0996. The molecule has 25 heavy (non-hydrogen) atoms. The molecular weight excluding hydrogens is 334 g/mol. The molecule has 0 radical (unpaired) electrons. The van der Waals surface area contributed by atoms with Crippen molar-refractivity contribution in [1.29, 1.82) is 0 Å².